The summed E-state index contributed by atoms with van der Waals surface area (Å²) < 4.78 is 49.4. The molecule has 7 heteroatoms. The highest BCUT2D eigenvalue weighted by Gasteiger charge is 2.30. The number of benzene rings is 1. The number of amides is 1. The lowest BCUT2D eigenvalue weighted by atomic mass is 10.0. The van der Waals surface area contributed by atoms with Gasteiger partial charge in [-0.15, -0.1) is 0 Å². The fourth-order valence-electron chi connectivity index (χ4n) is 2.16. The van der Waals surface area contributed by atoms with E-state index in [1.807, 2.05) is 0 Å². The lowest BCUT2D eigenvalue weighted by Crippen LogP contribution is -2.41. The first kappa shape index (κ1) is 16.7. The van der Waals surface area contributed by atoms with Gasteiger partial charge in [0.15, 0.2) is 0 Å². The largest absolute Gasteiger partial charge is 0.416 e. The first-order valence-corrected chi connectivity index (χ1v) is 8.26. The number of allylic oxidation sites excluding steroid dienone is 1. The molecular weight excluding hydrogens is 315 g/mol. The predicted molar refractivity (Wildman–Crippen MR) is 79.6 cm³/mol. The number of carbonyl (C=O) groups excluding carboxylic acids is 1. The third-order valence-corrected chi connectivity index (χ3v) is 4.75. The standard InChI is InChI=1S/C15H16F3NO2S/c1-11(9-14(20)19-5-7-22(21)8-6-19)12-3-2-4-13(10-12)15(16,17)18/h2-4,9-10H,5-8H2,1H3. The van der Waals surface area contributed by atoms with Gasteiger partial charge in [0.25, 0.3) is 0 Å². The third-order valence-electron chi connectivity index (χ3n) is 3.47. The molecule has 1 heterocycles. The van der Waals surface area contributed by atoms with Crippen molar-refractivity contribution in [2.75, 3.05) is 24.6 Å². The Morgan fingerprint density at radius 1 is 1.27 bits per heavy atom. The molecule has 120 valence electrons. The zero-order valence-electron chi connectivity index (χ0n) is 12.0. The molecule has 1 fully saturated rings. The lowest BCUT2D eigenvalue weighted by molar-refractivity contribution is -0.137. The monoisotopic (exact) mass is 331 g/mol. The van der Waals surface area contributed by atoms with Gasteiger partial charge in [0.1, 0.15) is 0 Å². The Balaban J connectivity index is 2.15. The summed E-state index contributed by atoms with van der Waals surface area (Å²) in [6.45, 7) is 2.44. The normalized spacial score (nSPS) is 17.6. The maximum atomic E-state index is 12.7. The zero-order chi connectivity index (χ0) is 16.3. The van der Waals surface area contributed by atoms with Crippen molar-refractivity contribution in [2.45, 2.75) is 13.1 Å². The van der Waals surface area contributed by atoms with Gasteiger partial charge in [0, 0.05) is 41.5 Å². The third kappa shape index (κ3) is 4.19. The molecule has 0 atom stereocenters. The minimum Gasteiger partial charge on any atom is -0.337 e. The van der Waals surface area contributed by atoms with E-state index in [0.29, 0.717) is 35.7 Å². The highest BCUT2D eigenvalue weighted by molar-refractivity contribution is 7.85. The molecule has 1 aromatic carbocycles. The van der Waals surface area contributed by atoms with Crippen molar-refractivity contribution in [3.05, 3.63) is 41.5 Å². The van der Waals surface area contributed by atoms with Crippen LogP contribution < -0.4 is 0 Å². The lowest BCUT2D eigenvalue weighted by Gasteiger charge is -2.25. The van der Waals surface area contributed by atoms with Crippen molar-refractivity contribution in [2.24, 2.45) is 0 Å². The molecule has 22 heavy (non-hydrogen) atoms. The fraction of sp³-hybridized carbons (Fsp3) is 0.400. The van der Waals surface area contributed by atoms with Gasteiger partial charge in [-0.05, 0) is 30.2 Å². The van der Waals surface area contributed by atoms with Crippen LogP contribution in [-0.2, 0) is 21.8 Å². The second kappa shape index (κ2) is 6.64. The molecule has 0 spiro atoms. The maximum absolute atomic E-state index is 12.7. The van der Waals surface area contributed by atoms with Crippen LogP contribution in [-0.4, -0.2) is 39.6 Å². The van der Waals surface area contributed by atoms with Crippen molar-refractivity contribution in [3.63, 3.8) is 0 Å². The van der Waals surface area contributed by atoms with Crippen LogP contribution in [0.3, 0.4) is 0 Å². The number of alkyl halides is 3. The smallest absolute Gasteiger partial charge is 0.337 e. The van der Waals surface area contributed by atoms with Crippen LogP contribution in [0.25, 0.3) is 5.57 Å². The van der Waals surface area contributed by atoms with Gasteiger partial charge in [0.2, 0.25) is 5.91 Å². The van der Waals surface area contributed by atoms with Crippen molar-refractivity contribution in [3.8, 4) is 0 Å². The summed E-state index contributed by atoms with van der Waals surface area (Å²) >= 11 is 0. The van der Waals surface area contributed by atoms with Gasteiger partial charge in [-0.2, -0.15) is 13.2 Å². The Bertz CT molecular complexity index is 615. The molecule has 1 amide bonds. The second-order valence-electron chi connectivity index (χ2n) is 5.08. The predicted octanol–water partition coefficient (Wildman–Crippen LogP) is 2.70. The molecule has 3 nitrogen and oxygen atoms in total. The summed E-state index contributed by atoms with van der Waals surface area (Å²) in [7, 11) is -0.879. The Kier molecular flexibility index (Phi) is 5.05. The maximum Gasteiger partial charge on any atom is 0.416 e. The van der Waals surface area contributed by atoms with Crippen LogP contribution in [0.1, 0.15) is 18.1 Å². The number of carbonyl (C=O) groups is 1. The molecule has 1 aromatic rings. The highest BCUT2D eigenvalue weighted by Crippen LogP contribution is 2.30. The molecule has 0 N–H and O–H groups in total. The molecule has 0 saturated carbocycles. The van der Waals surface area contributed by atoms with Gasteiger partial charge >= 0.3 is 6.18 Å². The first-order chi connectivity index (χ1) is 10.3. The van der Waals surface area contributed by atoms with Crippen LogP contribution >= 0.6 is 0 Å². The molecule has 0 bridgehead atoms. The van der Waals surface area contributed by atoms with Gasteiger partial charge < -0.3 is 4.90 Å². The molecule has 2 rings (SSSR count). The number of hydrogen-bond acceptors (Lipinski definition) is 2. The van der Waals surface area contributed by atoms with E-state index < -0.39 is 22.5 Å². The highest BCUT2D eigenvalue weighted by atomic mass is 32.2. The summed E-state index contributed by atoms with van der Waals surface area (Å²) in [5, 5.41) is 0. The van der Waals surface area contributed by atoms with Crippen molar-refractivity contribution < 1.29 is 22.2 Å². The van der Waals surface area contributed by atoms with E-state index in [0.717, 1.165) is 12.1 Å². The number of hydrogen-bond donors (Lipinski definition) is 0. The van der Waals surface area contributed by atoms with E-state index in [4.69, 9.17) is 0 Å². The molecular formula is C15H16F3NO2S. The van der Waals surface area contributed by atoms with Crippen LogP contribution in [0.5, 0.6) is 0 Å². The Morgan fingerprint density at radius 2 is 1.91 bits per heavy atom. The molecule has 0 aliphatic carbocycles. The Hall–Kier alpha value is -1.63. The van der Waals surface area contributed by atoms with E-state index in [-0.39, 0.29) is 5.91 Å². The van der Waals surface area contributed by atoms with Crippen molar-refractivity contribution in [1.29, 1.82) is 0 Å². The minimum atomic E-state index is -4.41. The second-order valence-corrected chi connectivity index (χ2v) is 6.78. The summed E-state index contributed by atoms with van der Waals surface area (Å²) in [6.07, 6.45) is -3.07. The van der Waals surface area contributed by atoms with Crippen LogP contribution in [0.15, 0.2) is 30.3 Å². The van der Waals surface area contributed by atoms with Crippen molar-refractivity contribution in [1.82, 2.24) is 4.90 Å². The minimum absolute atomic E-state index is 0.258. The molecule has 1 aliphatic rings. The summed E-state index contributed by atoms with van der Waals surface area (Å²) in [5.74, 6) is 0.635. The quantitative estimate of drug-likeness (QED) is 0.782. The van der Waals surface area contributed by atoms with E-state index in [9.17, 15) is 22.2 Å². The number of rotatable bonds is 2. The summed E-state index contributed by atoms with van der Waals surface area (Å²) in [6, 6.07) is 4.90. The molecule has 0 aromatic heterocycles. The van der Waals surface area contributed by atoms with Gasteiger partial charge in [-0.25, -0.2) is 0 Å². The van der Waals surface area contributed by atoms with E-state index in [1.54, 1.807) is 17.9 Å². The van der Waals surface area contributed by atoms with Gasteiger partial charge in [-0.3, -0.25) is 9.00 Å². The number of halogens is 3. The fourth-order valence-corrected chi connectivity index (χ4v) is 3.21. The SMILES string of the molecule is CC(=CC(=O)N1CCS(=O)CC1)c1cccc(C(F)(F)F)c1. The molecule has 0 radical (unpaired) electrons. The van der Waals surface area contributed by atoms with Crippen LogP contribution in [0.4, 0.5) is 13.2 Å². The molecule has 0 unspecified atom stereocenters. The van der Waals surface area contributed by atoms with E-state index in [2.05, 4.69) is 0 Å². The summed E-state index contributed by atoms with van der Waals surface area (Å²) in [5.41, 5.74) is 0.102. The zero-order valence-corrected chi connectivity index (χ0v) is 12.8. The molecule has 1 aliphatic heterocycles. The number of nitrogens with zero attached hydrogens (tertiary/aromatic N) is 1. The van der Waals surface area contributed by atoms with Gasteiger partial charge in [-0.1, -0.05) is 12.1 Å². The van der Waals surface area contributed by atoms with Crippen LogP contribution in [0, 0.1) is 0 Å². The van der Waals surface area contributed by atoms with E-state index >= 15 is 0 Å². The van der Waals surface area contributed by atoms with E-state index in [1.165, 1.54) is 12.1 Å². The average Bonchev–Trinajstić information content (AvgIpc) is 2.47. The first-order valence-electron chi connectivity index (χ1n) is 6.77. The average molecular weight is 331 g/mol. The molecule has 1 saturated heterocycles. The Labute approximate surface area is 129 Å². The van der Waals surface area contributed by atoms with Crippen LogP contribution in [0.2, 0.25) is 0 Å². The summed E-state index contributed by atoms with van der Waals surface area (Å²) in [4.78, 5) is 13.7. The Morgan fingerprint density at radius 3 is 2.50 bits per heavy atom. The topological polar surface area (TPSA) is 37.4 Å². The van der Waals surface area contributed by atoms with Gasteiger partial charge in [0.05, 0.1) is 5.56 Å². The van der Waals surface area contributed by atoms with Crippen molar-refractivity contribution >= 4 is 22.3 Å².